The number of piperidine rings is 1. The monoisotopic (exact) mass is 425 g/mol. The number of halogens is 1. The number of hydrogen-bond donors (Lipinski definition) is 1. The number of rotatable bonds is 5. The van der Waals surface area contributed by atoms with Crippen molar-refractivity contribution in [1.82, 2.24) is 19.8 Å². The van der Waals surface area contributed by atoms with Gasteiger partial charge in [0.1, 0.15) is 18.1 Å². The summed E-state index contributed by atoms with van der Waals surface area (Å²) in [6.45, 7) is 5.70. The lowest BCUT2D eigenvalue weighted by molar-refractivity contribution is -0.133. The first-order chi connectivity index (χ1) is 14.9. The van der Waals surface area contributed by atoms with Gasteiger partial charge in [-0.2, -0.15) is 5.10 Å². The number of anilines is 1. The lowest BCUT2D eigenvalue weighted by Gasteiger charge is -2.30. The average molecular weight is 425 g/mol. The van der Waals surface area contributed by atoms with Crippen LogP contribution in [0.2, 0.25) is 0 Å². The molecule has 1 fully saturated rings. The quantitative estimate of drug-likeness (QED) is 0.675. The Balaban J connectivity index is 1.39. The zero-order valence-electron chi connectivity index (χ0n) is 17.5. The van der Waals surface area contributed by atoms with Crippen LogP contribution in [0.3, 0.4) is 0 Å². The van der Waals surface area contributed by atoms with Gasteiger partial charge in [-0.25, -0.2) is 4.39 Å². The van der Waals surface area contributed by atoms with E-state index in [2.05, 4.69) is 22.5 Å². The lowest BCUT2D eigenvalue weighted by atomic mass is 9.99. The molecule has 4 rings (SSSR count). The van der Waals surface area contributed by atoms with Crippen LogP contribution in [-0.4, -0.2) is 44.7 Å². The topological polar surface area (TPSA) is 93.3 Å². The number of amides is 2. The molecule has 0 atom stereocenters. The average Bonchev–Trinajstić information content (AvgIpc) is 3.36. The molecule has 0 spiro atoms. The Morgan fingerprint density at radius 2 is 1.90 bits per heavy atom. The minimum absolute atomic E-state index is 0.00467. The standard InChI is InChI=1S/C22H24FN5O3/c1-14-7-9-27(10-8-14)21(29)13-28-15(2)11-20(25-28)24-22(30)19-12-18(26-31-19)16-3-5-17(23)6-4-16/h3-6,11-12,14H,7-10,13H2,1-2H3,(H,24,25,30). The van der Waals surface area contributed by atoms with E-state index in [1.165, 1.54) is 18.2 Å². The normalized spacial score (nSPS) is 14.6. The van der Waals surface area contributed by atoms with Crippen LogP contribution < -0.4 is 5.32 Å². The van der Waals surface area contributed by atoms with Crippen LogP contribution in [0.25, 0.3) is 11.3 Å². The highest BCUT2D eigenvalue weighted by molar-refractivity contribution is 6.02. The predicted octanol–water partition coefficient (Wildman–Crippen LogP) is 3.50. The maximum Gasteiger partial charge on any atom is 0.295 e. The van der Waals surface area contributed by atoms with Gasteiger partial charge in [-0.05, 0) is 49.9 Å². The summed E-state index contributed by atoms with van der Waals surface area (Å²) in [5.41, 5.74) is 1.82. The Morgan fingerprint density at radius 1 is 1.19 bits per heavy atom. The first-order valence-corrected chi connectivity index (χ1v) is 10.3. The highest BCUT2D eigenvalue weighted by Crippen LogP contribution is 2.21. The van der Waals surface area contributed by atoms with Crippen molar-refractivity contribution >= 4 is 17.6 Å². The van der Waals surface area contributed by atoms with Crippen molar-refractivity contribution in [2.45, 2.75) is 33.2 Å². The van der Waals surface area contributed by atoms with E-state index in [0.717, 1.165) is 31.6 Å². The van der Waals surface area contributed by atoms with Crippen molar-refractivity contribution in [3.05, 3.63) is 53.7 Å². The highest BCUT2D eigenvalue weighted by Gasteiger charge is 2.22. The van der Waals surface area contributed by atoms with Crippen molar-refractivity contribution < 1.29 is 18.5 Å². The molecule has 0 aliphatic carbocycles. The molecule has 1 aromatic carbocycles. The van der Waals surface area contributed by atoms with E-state index >= 15 is 0 Å². The van der Waals surface area contributed by atoms with E-state index in [9.17, 15) is 14.0 Å². The van der Waals surface area contributed by atoms with Gasteiger partial charge >= 0.3 is 0 Å². The number of aromatic nitrogens is 3. The SMILES string of the molecule is Cc1cc(NC(=O)c2cc(-c3ccc(F)cc3)no2)nn1CC(=O)N1CCC(C)CC1. The van der Waals surface area contributed by atoms with E-state index in [4.69, 9.17) is 4.52 Å². The van der Waals surface area contributed by atoms with Gasteiger partial charge in [-0.1, -0.05) is 12.1 Å². The number of carbonyl (C=O) groups excluding carboxylic acids is 2. The molecule has 0 saturated carbocycles. The Morgan fingerprint density at radius 3 is 2.61 bits per heavy atom. The van der Waals surface area contributed by atoms with Crippen LogP contribution in [0.4, 0.5) is 10.2 Å². The Hall–Kier alpha value is -3.49. The summed E-state index contributed by atoms with van der Waals surface area (Å²) in [6, 6.07) is 8.91. The minimum Gasteiger partial charge on any atom is -0.350 e. The lowest BCUT2D eigenvalue weighted by Crippen LogP contribution is -2.40. The number of nitrogens with one attached hydrogen (secondary N) is 1. The Bertz CT molecular complexity index is 1080. The number of benzene rings is 1. The van der Waals surface area contributed by atoms with Crippen LogP contribution in [0.15, 0.2) is 40.9 Å². The summed E-state index contributed by atoms with van der Waals surface area (Å²) in [5.74, 6) is 0.130. The molecule has 1 N–H and O–H groups in total. The molecular formula is C22H24FN5O3. The smallest absolute Gasteiger partial charge is 0.295 e. The largest absolute Gasteiger partial charge is 0.350 e. The summed E-state index contributed by atoms with van der Waals surface area (Å²) in [4.78, 5) is 26.9. The first-order valence-electron chi connectivity index (χ1n) is 10.3. The fourth-order valence-corrected chi connectivity index (χ4v) is 3.53. The summed E-state index contributed by atoms with van der Waals surface area (Å²) < 4.78 is 19.8. The van der Waals surface area contributed by atoms with E-state index in [1.807, 2.05) is 11.8 Å². The van der Waals surface area contributed by atoms with Crippen LogP contribution in [0.5, 0.6) is 0 Å². The summed E-state index contributed by atoms with van der Waals surface area (Å²) in [5, 5.41) is 10.9. The van der Waals surface area contributed by atoms with Crippen molar-refractivity contribution in [3.8, 4) is 11.3 Å². The van der Waals surface area contributed by atoms with Gasteiger partial charge in [0.25, 0.3) is 5.91 Å². The van der Waals surface area contributed by atoms with E-state index in [1.54, 1.807) is 22.9 Å². The highest BCUT2D eigenvalue weighted by atomic mass is 19.1. The predicted molar refractivity (Wildman–Crippen MR) is 112 cm³/mol. The second-order valence-corrected chi connectivity index (χ2v) is 7.93. The van der Waals surface area contributed by atoms with Crippen LogP contribution in [0, 0.1) is 18.7 Å². The van der Waals surface area contributed by atoms with Crippen LogP contribution in [0.1, 0.15) is 36.0 Å². The third-order valence-corrected chi connectivity index (χ3v) is 5.52. The molecule has 8 nitrogen and oxygen atoms in total. The molecule has 2 aromatic heterocycles. The van der Waals surface area contributed by atoms with Gasteiger partial charge in [0.15, 0.2) is 5.82 Å². The second-order valence-electron chi connectivity index (χ2n) is 7.93. The molecule has 0 bridgehead atoms. The minimum atomic E-state index is -0.512. The molecule has 1 saturated heterocycles. The number of carbonyl (C=O) groups is 2. The number of hydrogen-bond acceptors (Lipinski definition) is 5. The molecule has 1 aliphatic heterocycles. The molecule has 0 radical (unpaired) electrons. The number of aryl methyl sites for hydroxylation is 1. The second kappa shape index (κ2) is 8.71. The Labute approximate surface area is 179 Å². The molecule has 3 heterocycles. The zero-order valence-corrected chi connectivity index (χ0v) is 17.5. The van der Waals surface area contributed by atoms with Gasteiger partial charge in [0, 0.05) is 36.5 Å². The van der Waals surface area contributed by atoms with Gasteiger partial charge < -0.3 is 14.7 Å². The molecule has 0 unspecified atom stereocenters. The van der Waals surface area contributed by atoms with E-state index in [-0.39, 0.29) is 24.0 Å². The van der Waals surface area contributed by atoms with E-state index in [0.29, 0.717) is 23.0 Å². The summed E-state index contributed by atoms with van der Waals surface area (Å²) in [6.07, 6.45) is 2.03. The van der Waals surface area contributed by atoms with Crippen molar-refractivity contribution in [2.75, 3.05) is 18.4 Å². The maximum atomic E-state index is 13.1. The summed E-state index contributed by atoms with van der Waals surface area (Å²) in [7, 11) is 0. The van der Waals surface area contributed by atoms with Gasteiger partial charge in [-0.15, -0.1) is 0 Å². The zero-order chi connectivity index (χ0) is 22.0. The molecule has 1 aliphatic rings. The van der Waals surface area contributed by atoms with E-state index < -0.39 is 5.91 Å². The van der Waals surface area contributed by atoms with Crippen molar-refractivity contribution in [1.29, 1.82) is 0 Å². The number of nitrogens with zero attached hydrogens (tertiary/aromatic N) is 4. The first kappa shape index (κ1) is 20.8. The molecule has 3 aromatic rings. The van der Waals surface area contributed by atoms with Crippen LogP contribution in [-0.2, 0) is 11.3 Å². The fourth-order valence-electron chi connectivity index (χ4n) is 3.53. The van der Waals surface area contributed by atoms with Gasteiger partial charge in [-0.3, -0.25) is 14.3 Å². The summed E-state index contributed by atoms with van der Waals surface area (Å²) >= 11 is 0. The third-order valence-electron chi connectivity index (χ3n) is 5.52. The molecule has 31 heavy (non-hydrogen) atoms. The number of likely N-dealkylation sites (tertiary alicyclic amines) is 1. The molecular weight excluding hydrogens is 401 g/mol. The molecule has 2 amide bonds. The third kappa shape index (κ3) is 4.82. The molecule has 9 heteroatoms. The van der Waals surface area contributed by atoms with Crippen molar-refractivity contribution in [3.63, 3.8) is 0 Å². The molecule has 162 valence electrons. The fraction of sp³-hybridized carbons (Fsp3) is 0.364. The maximum absolute atomic E-state index is 13.1. The van der Waals surface area contributed by atoms with Crippen molar-refractivity contribution in [2.24, 2.45) is 5.92 Å². The van der Waals surface area contributed by atoms with Gasteiger partial charge in [0.2, 0.25) is 11.7 Å². The van der Waals surface area contributed by atoms with Gasteiger partial charge in [0.05, 0.1) is 0 Å². The van der Waals surface area contributed by atoms with Crippen LogP contribution >= 0.6 is 0 Å². The Kier molecular flexibility index (Phi) is 5.83.